The van der Waals surface area contributed by atoms with E-state index in [2.05, 4.69) is 15.7 Å². The lowest BCUT2D eigenvalue weighted by Crippen LogP contribution is -2.60. The molecule has 2 aromatic rings. The maximum atomic E-state index is 13.4. The molecule has 1 unspecified atom stereocenters. The molecule has 1 aromatic heterocycles. The predicted molar refractivity (Wildman–Crippen MR) is 134 cm³/mol. The van der Waals surface area contributed by atoms with Gasteiger partial charge in [-0.25, -0.2) is 0 Å². The molecule has 0 aliphatic carbocycles. The normalized spacial score (nSPS) is 21.7. The molecule has 5 atom stereocenters. The third kappa shape index (κ3) is 5.78. The standard InChI is InChI=1S/C25H41N5O5/c1-7-26-21(25(3,4)10-11-31)24(34)30-14-17(32)13-20(30)22(33)27-15(2)16-8-9-19-18(12-16)23(35-6)28-29(19)5/h8-9,12,15,17,20-21,24,26,31-32,34H,7,10-11,13-14H2,1-6H3,(H,27,33)/t15-,17+,20-,21+,24?/m0/s1. The van der Waals surface area contributed by atoms with Crippen LogP contribution in [0.15, 0.2) is 18.2 Å². The Morgan fingerprint density at radius 3 is 2.71 bits per heavy atom. The van der Waals surface area contributed by atoms with Crippen molar-refractivity contribution in [3.8, 4) is 5.88 Å². The summed E-state index contributed by atoms with van der Waals surface area (Å²) in [7, 11) is 3.43. The Labute approximate surface area is 207 Å². The van der Waals surface area contributed by atoms with Gasteiger partial charge in [-0.05, 0) is 49.4 Å². The smallest absolute Gasteiger partial charge is 0.240 e. The minimum Gasteiger partial charge on any atom is -0.479 e. The third-order valence-electron chi connectivity index (χ3n) is 7.17. The fourth-order valence-corrected chi connectivity index (χ4v) is 5.09. The molecule has 5 N–H and O–H groups in total. The number of benzene rings is 1. The van der Waals surface area contributed by atoms with Crippen molar-refractivity contribution >= 4 is 16.8 Å². The average molecular weight is 492 g/mol. The fourth-order valence-electron chi connectivity index (χ4n) is 5.09. The second-order valence-corrected chi connectivity index (χ2v) is 10.2. The van der Waals surface area contributed by atoms with Crippen LogP contribution in [0.1, 0.15) is 52.1 Å². The molecule has 10 heteroatoms. The highest BCUT2D eigenvalue weighted by molar-refractivity contribution is 5.86. The fraction of sp³-hybridized carbons (Fsp3) is 0.680. The summed E-state index contributed by atoms with van der Waals surface area (Å²) in [6.45, 7) is 8.63. The number of amides is 1. The molecule has 1 saturated heterocycles. The van der Waals surface area contributed by atoms with E-state index in [1.54, 1.807) is 16.7 Å². The number of likely N-dealkylation sites (tertiary alicyclic amines) is 1. The lowest BCUT2D eigenvalue weighted by atomic mass is 9.80. The van der Waals surface area contributed by atoms with Crippen LogP contribution in [0, 0.1) is 5.41 Å². The van der Waals surface area contributed by atoms with Crippen LogP contribution in [0.4, 0.5) is 0 Å². The van der Waals surface area contributed by atoms with Crippen LogP contribution in [0.3, 0.4) is 0 Å². The summed E-state index contributed by atoms with van der Waals surface area (Å²) in [6, 6.07) is 4.49. The van der Waals surface area contributed by atoms with Gasteiger partial charge in [-0.3, -0.25) is 14.4 Å². The number of ether oxygens (including phenoxy) is 1. The summed E-state index contributed by atoms with van der Waals surface area (Å²) in [5.74, 6) is 0.276. The van der Waals surface area contributed by atoms with Gasteiger partial charge >= 0.3 is 0 Å². The van der Waals surface area contributed by atoms with Crippen molar-refractivity contribution in [1.29, 1.82) is 0 Å². The topological polar surface area (TPSA) is 132 Å². The minimum absolute atomic E-state index is 0.00225. The number of hydrogen-bond donors (Lipinski definition) is 5. The number of β-amino-alcohol motifs (C(OH)–C–C–N with tert-alkyl or cyclic N) is 1. The molecule has 1 aliphatic heterocycles. The van der Waals surface area contributed by atoms with Crippen LogP contribution in [0.25, 0.3) is 10.9 Å². The summed E-state index contributed by atoms with van der Waals surface area (Å²) >= 11 is 0. The van der Waals surface area contributed by atoms with Gasteiger partial charge in [0.05, 0.1) is 42.2 Å². The Morgan fingerprint density at radius 2 is 2.09 bits per heavy atom. The van der Waals surface area contributed by atoms with Gasteiger partial charge in [-0.2, -0.15) is 0 Å². The van der Waals surface area contributed by atoms with Crippen molar-refractivity contribution in [2.24, 2.45) is 12.5 Å². The highest BCUT2D eigenvalue weighted by atomic mass is 16.5. The van der Waals surface area contributed by atoms with E-state index < -0.39 is 29.8 Å². The molecule has 3 rings (SSSR count). The number of methoxy groups -OCH3 is 1. The molecule has 1 amide bonds. The van der Waals surface area contributed by atoms with Crippen molar-refractivity contribution in [2.45, 2.75) is 71.0 Å². The van der Waals surface area contributed by atoms with Crippen LogP contribution in [0.5, 0.6) is 5.88 Å². The number of likely N-dealkylation sites (N-methyl/N-ethyl adjacent to an activating group) is 1. The van der Waals surface area contributed by atoms with E-state index in [0.717, 1.165) is 16.5 Å². The van der Waals surface area contributed by atoms with Gasteiger partial charge in [-0.1, -0.05) is 26.8 Å². The van der Waals surface area contributed by atoms with Crippen molar-refractivity contribution < 1.29 is 24.9 Å². The largest absolute Gasteiger partial charge is 0.479 e. The monoisotopic (exact) mass is 491 g/mol. The van der Waals surface area contributed by atoms with Crippen molar-refractivity contribution in [1.82, 2.24) is 25.3 Å². The Hall–Kier alpha value is -2.24. The number of hydrogen-bond acceptors (Lipinski definition) is 8. The highest BCUT2D eigenvalue weighted by Crippen LogP contribution is 2.32. The number of rotatable bonds is 11. The van der Waals surface area contributed by atoms with Gasteiger partial charge in [0.25, 0.3) is 0 Å². The first-order chi connectivity index (χ1) is 16.5. The lowest BCUT2D eigenvalue weighted by Gasteiger charge is -2.42. The molecule has 0 bridgehead atoms. The van der Waals surface area contributed by atoms with E-state index in [9.17, 15) is 20.1 Å². The molecule has 35 heavy (non-hydrogen) atoms. The van der Waals surface area contributed by atoms with Gasteiger partial charge in [0.2, 0.25) is 11.8 Å². The summed E-state index contributed by atoms with van der Waals surface area (Å²) in [4.78, 5) is 15.0. The molecule has 1 aliphatic rings. The van der Waals surface area contributed by atoms with Crippen molar-refractivity contribution in [2.75, 3.05) is 26.8 Å². The first-order valence-corrected chi connectivity index (χ1v) is 12.3. The summed E-state index contributed by atoms with van der Waals surface area (Å²) in [5, 5.41) is 42.8. The van der Waals surface area contributed by atoms with E-state index in [-0.39, 0.29) is 31.5 Å². The number of fused-ring (bicyclic) bond motifs is 1. The summed E-state index contributed by atoms with van der Waals surface area (Å²) in [6.07, 6.45) is -0.984. The molecule has 196 valence electrons. The Bertz CT molecular complexity index is 1010. The minimum atomic E-state index is -1.00. The molecular formula is C25H41N5O5. The van der Waals surface area contributed by atoms with Crippen LogP contribution >= 0.6 is 0 Å². The SMILES string of the molecule is CCN[C@H](C(O)N1C[C@H](O)C[C@H]1C(=O)N[C@@H](C)c1ccc2c(c1)c(OC)nn2C)C(C)(C)CCO. The van der Waals surface area contributed by atoms with Gasteiger partial charge in [-0.15, -0.1) is 5.10 Å². The quantitative estimate of drug-likeness (QED) is 0.313. The summed E-state index contributed by atoms with van der Waals surface area (Å²) < 4.78 is 7.13. The molecular weight excluding hydrogens is 450 g/mol. The number of aliphatic hydroxyl groups is 3. The number of nitrogens with zero attached hydrogens (tertiary/aromatic N) is 3. The molecule has 0 radical (unpaired) electrons. The Kier molecular flexibility index (Phi) is 8.76. The van der Waals surface area contributed by atoms with Gasteiger partial charge in [0.1, 0.15) is 6.23 Å². The van der Waals surface area contributed by atoms with Crippen LogP contribution < -0.4 is 15.4 Å². The third-order valence-corrected chi connectivity index (χ3v) is 7.17. The molecule has 1 aromatic carbocycles. The zero-order chi connectivity index (χ0) is 25.9. The van der Waals surface area contributed by atoms with Gasteiger partial charge < -0.3 is 30.7 Å². The molecule has 2 heterocycles. The van der Waals surface area contributed by atoms with E-state index in [0.29, 0.717) is 18.8 Å². The van der Waals surface area contributed by atoms with Crippen LogP contribution in [0.2, 0.25) is 0 Å². The van der Waals surface area contributed by atoms with E-state index in [1.807, 2.05) is 52.9 Å². The number of carbonyl (C=O) groups excluding carboxylic acids is 1. The van der Waals surface area contributed by atoms with Crippen LogP contribution in [-0.2, 0) is 11.8 Å². The number of aryl methyl sites for hydroxylation is 1. The molecule has 10 nitrogen and oxygen atoms in total. The second-order valence-electron chi connectivity index (χ2n) is 10.2. The number of aromatic nitrogens is 2. The first kappa shape index (κ1) is 27.3. The zero-order valence-electron chi connectivity index (χ0n) is 21.7. The van der Waals surface area contributed by atoms with Gasteiger partial charge in [0.15, 0.2) is 0 Å². The first-order valence-electron chi connectivity index (χ1n) is 12.3. The van der Waals surface area contributed by atoms with E-state index in [4.69, 9.17) is 4.74 Å². The lowest BCUT2D eigenvalue weighted by molar-refractivity contribution is -0.133. The van der Waals surface area contributed by atoms with Gasteiger partial charge in [0, 0.05) is 20.2 Å². The zero-order valence-corrected chi connectivity index (χ0v) is 21.7. The number of carbonyl (C=O) groups is 1. The van der Waals surface area contributed by atoms with Crippen molar-refractivity contribution in [3.05, 3.63) is 23.8 Å². The van der Waals surface area contributed by atoms with Crippen molar-refractivity contribution in [3.63, 3.8) is 0 Å². The predicted octanol–water partition coefficient (Wildman–Crippen LogP) is 0.899. The van der Waals surface area contributed by atoms with E-state index >= 15 is 0 Å². The molecule has 0 saturated carbocycles. The Morgan fingerprint density at radius 1 is 1.37 bits per heavy atom. The second kappa shape index (κ2) is 11.2. The molecule has 1 fully saturated rings. The average Bonchev–Trinajstić information content (AvgIpc) is 3.36. The Balaban J connectivity index is 1.79. The number of nitrogens with one attached hydrogen (secondary N) is 2. The highest BCUT2D eigenvalue weighted by Gasteiger charge is 2.45. The van der Waals surface area contributed by atoms with E-state index in [1.165, 1.54) is 0 Å². The number of aliphatic hydroxyl groups excluding tert-OH is 3. The summed E-state index contributed by atoms with van der Waals surface area (Å²) in [5.41, 5.74) is 1.40. The maximum absolute atomic E-state index is 13.4. The maximum Gasteiger partial charge on any atom is 0.240 e. The van der Waals surface area contributed by atoms with Crippen LogP contribution in [-0.4, -0.2) is 87.1 Å². The molecule has 0 spiro atoms.